The number of alkyl halides is 3. The van der Waals surface area contributed by atoms with Crippen LogP contribution in [0.5, 0.6) is 5.75 Å². The Hall–Kier alpha value is -2.34. The van der Waals surface area contributed by atoms with Gasteiger partial charge in [-0.1, -0.05) is 11.3 Å². The van der Waals surface area contributed by atoms with Gasteiger partial charge in [-0.3, -0.25) is 0 Å². The number of hydrogen-bond acceptors (Lipinski definition) is 6. The van der Waals surface area contributed by atoms with E-state index in [-0.39, 0.29) is 17.9 Å². The van der Waals surface area contributed by atoms with Crippen molar-refractivity contribution in [2.75, 3.05) is 12.4 Å². The lowest BCUT2D eigenvalue weighted by atomic mass is 10.1. The van der Waals surface area contributed by atoms with Gasteiger partial charge < -0.3 is 10.1 Å². The molecule has 0 aliphatic rings. The third-order valence-corrected chi connectivity index (χ3v) is 3.36. The minimum absolute atomic E-state index is 0.0805. The Morgan fingerprint density at radius 2 is 2.14 bits per heavy atom. The van der Waals surface area contributed by atoms with Gasteiger partial charge in [-0.15, -0.1) is 10.2 Å². The minimum atomic E-state index is -4.60. The summed E-state index contributed by atoms with van der Waals surface area (Å²) in [6.45, 7) is -0.131. The van der Waals surface area contributed by atoms with Crippen molar-refractivity contribution in [3.63, 3.8) is 0 Å². The second-order valence-electron chi connectivity index (χ2n) is 3.86. The van der Waals surface area contributed by atoms with Gasteiger partial charge in [0, 0.05) is 7.05 Å². The van der Waals surface area contributed by atoms with Crippen LogP contribution in [-0.4, -0.2) is 17.2 Å². The van der Waals surface area contributed by atoms with Crippen LogP contribution in [0.25, 0.3) is 0 Å². The van der Waals surface area contributed by atoms with E-state index in [9.17, 15) is 13.2 Å². The number of aromatic nitrogens is 2. The Morgan fingerprint density at radius 1 is 1.38 bits per heavy atom. The number of benzene rings is 1. The summed E-state index contributed by atoms with van der Waals surface area (Å²) in [4.78, 5) is 0. The van der Waals surface area contributed by atoms with Crippen LogP contribution in [0.15, 0.2) is 18.2 Å². The Balaban J connectivity index is 2.21. The number of nitrogens with one attached hydrogen (secondary N) is 1. The van der Waals surface area contributed by atoms with E-state index < -0.39 is 11.7 Å². The van der Waals surface area contributed by atoms with Crippen LogP contribution in [-0.2, 0) is 12.8 Å². The topological polar surface area (TPSA) is 70.8 Å². The number of halogens is 3. The average molecular weight is 314 g/mol. The highest BCUT2D eigenvalue weighted by molar-refractivity contribution is 7.15. The first kappa shape index (κ1) is 15.1. The molecular weight excluding hydrogens is 305 g/mol. The van der Waals surface area contributed by atoms with Gasteiger partial charge in [-0.2, -0.15) is 18.4 Å². The molecule has 1 aromatic heterocycles. The molecule has 0 radical (unpaired) electrons. The zero-order valence-electron chi connectivity index (χ0n) is 10.7. The first-order valence-corrected chi connectivity index (χ1v) is 6.50. The van der Waals surface area contributed by atoms with Crippen molar-refractivity contribution in [2.24, 2.45) is 0 Å². The van der Waals surface area contributed by atoms with Gasteiger partial charge in [0.25, 0.3) is 0 Å². The van der Waals surface area contributed by atoms with E-state index in [0.717, 1.165) is 12.1 Å². The molecule has 5 nitrogen and oxygen atoms in total. The summed E-state index contributed by atoms with van der Waals surface area (Å²) in [5.74, 6) is -0.345. The quantitative estimate of drug-likeness (QED) is 0.939. The molecule has 9 heteroatoms. The van der Waals surface area contributed by atoms with Crippen molar-refractivity contribution in [2.45, 2.75) is 12.8 Å². The first-order chi connectivity index (χ1) is 9.94. The lowest BCUT2D eigenvalue weighted by molar-refractivity contribution is -0.139. The third kappa shape index (κ3) is 3.61. The third-order valence-electron chi connectivity index (χ3n) is 2.45. The molecule has 2 aromatic rings. The summed E-state index contributed by atoms with van der Waals surface area (Å²) < 4.78 is 43.9. The SMILES string of the molecule is CNc1nnc(COc2ccc(C#N)cc2C(F)(F)F)s1. The molecule has 0 saturated carbocycles. The van der Waals surface area contributed by atoms with E-state index in [2.05, 4.69) is 15.5 Å². The monoisotopic (exact) mass is 314 g/mol. The van der Waals surface area contributed by atoms with Gasteiger partial charge in [-0.25, -0.2) is 0 Å². The maximum absolute atomic E-state index is 12.9. The maximum Gasteiger partial charge on any atom is 0.420 e. The Labute approximate surface area is 122 Å². The molecule has 1 heterocycles. The van der Waals surface area contributed by atoms with Crippen LogP contribution in [0.4, 0.5) is 18.3 Å². The number of hydrogen-bond donors (Lipinski definition) is 1. The van der Waals surface area contributed by atoms with Gasteiger partial charge in [-0.05, 0) is 18.2 Å². The van der Waals surface area contributed by atoms with E-state index in [1.165, 1.54) is 17.4 Å². The van der Waals surface area contributed by atoms with Gasteiger partial charge in [0.15, 0.2) is 5.01 Å². The normalized spacial score (nSPS) is 11.0. The zero-order chi connectivity index (χ0) is 15.5. The van der Waals surface area contributed by atoms with Crippen LogP contribution in [0.2, 0.25) is 0 Å². The minimum Gasteiger partial charge on any atom is -0.486 e. The Bertz CT molecular complexity index is 678. The zero-order valence-corrected chi connectivity index (χ0v) is 11.5. The van der Waals surface area contributed by atoms with Crippen LogP contribution in [0.1, 0.15) is 16.1 Å². The summed E-state index contributed by atoms with van der Waals surface area (Å²) in [7, 11) is 1.66. The number of rotatable bonds is 4. The summed E-state index contributed by atoms with van der Waals surface area (Å²) in [6.07, 6.45) is -4.60. The predicted molar refractivity (Wildman–Crippen MR) is 69.9 cm³/mol. The number of ether oxygens (including phenoxy) is 1. The number of anilines is 1. The lowest BCUT2D eigenvalue weighted by Crippen LogP contribution is -2.09. The molecule has 0 bridgehead atoms. The average Bonchev–Trinajstić information content (AvgIpc) is 2.92. The molecule has 0 amide bonds. The van der Waals surface area contributed by atoms with Crippen LogP contribution >= 0.6 is 11.3 Å². The molecule has 110 valence electrons. The summed E-state index contributed by atoms with van der Waals surface area (Å²) in [5, 5.41) is 20.0. The van der Waals surface area contributed by atoms with E-state index >= 15 is 0 Å². The van der Waals surface area contributed by atoms with Gasteiger partial charge >= 0.3 is 6.18 Å². The smallest absolute Gasteiger partial charge is 0.420 e. The van der Waals surface area contributed by atoms with E-state index in [4.69, 9.17) is 10.00 Å². The van der Waals surface area contributed by atoms with E-state index in [1.807, 2.05) is 0 Å². The van der Waals surface area contributed by atoms with Gasteiger partial charge in [0.1, 0.15) is 12.4 Å². The maximum atomic E-state index is 12.9. The molecule has 0 atom stereocenters. The Morgan fingerprint density at radius 3 is 2.71 bits per heavy atom. The van der Waals surface area contributed by atoms with Crippen LogP contribution < -0.4 is 10.1 Å². The highest BCUT2D eigenvalue weighted by Gasteiger charge is 2.34. The molecule has 1 N–H and O–H groups in total. The molecule has 0 fully saturated rings. The van der Waals surface area contributed by atoms with Crippen molar-refractivity contribution in [1.29, 1.82) is 5.26 Å². The van der Waals surface area contributed by atoms with Gasteiger partial charge in [0.2, 0.25) is 5.13 Å². The van der Waals surface area contributed by atoms with Gasteiger partial charge in [0.05, 0.1) is 17.2 Å². The second-order valence-corrected chi connectivity index (χ2v) is 4.92. The standard InChI is InChI=1S/C12H9F3N4OS/c1-17-11-19-18-10(21-11)6-20-9-3-2-7(5-16)4-8(9)12(13,14)15/h2-4H,6H2,1H3,(H,17,19). The molecule has 1 aromatic carbocycles. The van der Waals surface area contributed by atoms with Crippen molar-refractivity contribution < 1.29 is 17.9 Å². The molecule has 21 heavy (non-hydrogen) atoms. The number of nitriles is 1. The lowest BCUT2D eigenvalue weighted by Gasteiger charge is -2.13. The fourth-order valence-corrected chi connectivity index (χ4v) is 2.11. The summed E-state index contributed by atoms with van der Waals surface area (Å²) in [5.41, 5.74) is -1.07. The highest BCUT2D eigenvalue weighted by Crippen LogP contribution is 2.37. The molecule has 0 aliphatic carbocycles. The van der Waals surface area contributed by atoms with Crippen molar-refractivity contribution >= 4 is 16.5 Å². The fourth-order valence-electron chi connectivity index (χ4n) is 1.50. The second kappa shape index (κ2) is 5.97. The summed E-state index contributed by atoms with van der Waals surface area (Å²) in [6, 6.07) is 4.82. The Kier molecular flexibility index (Phi) is 4.28. The van der Waals surface area contributed by atoms with Crippen LogP contribution in [0, 0.1) is 11.3 Å². The number of nitrogens with zero attached hydrogens (tertiary/aromatic N) is 3. The van der Waals surface area contributed by atoms with E-state index in [0.29, 0.717) is 10.1 Å². The first-order valence-electron chi connectivity index (χ1n) is 5.68. The fraction of sp³-hybridized carbons (Fsp3) is 0.250. The van der Waals surface area contributed by atoms with Crippen molar-refractivity contribution in [3.8, 4) is 11.8 Å². The van der Waals surface area contributed by atoms with Crippen molar-refractivity contribution in [1.82, 2.24) is 10.2 Å². The molecular formula is C12H9F3N4OS. The molecule has 0 unspecified atom stereocenters. The summed E-state index contributed by atoms with van der Waals surface area (Å²) >= 11 is 1.18. The molecule has 0 spiro atoms. The molecule has 2 rings (SSSR count). The predicted octanol–water partition coefficient (Wildman–Crippen LogP) is 3.05. The highest BCUT2D eigenvalue weighted by atomic mass is 32.1. The molecule has 0 saturated heterocycles. The van der Waals surface area contributed by atoms with Crippen molar-refractivity contribution in [3.05, 3.63) is 34.3 Å². The largest absolute Gasteiger partial charge is 0.486 e. The van der Waals surface area contributed by atoms with Crippen LogP contribution in [0.3, 0.4) is 0 Å². The molecule has 0 aliphatic heterocycles. The van der Waals surface area contributed by atoms with E-state index in [1.54, 1.807) is 13.1 Å².